The van der Waals surface area contributed by atoms with E-state index in [1.807, 2.05) is 45.8 Å². The molecule has 2 aromatic heterocycles. The normalized spacial score (nSPS) is 15.7. The van der Waals surface area contributed by atoms with Crippen molar-refractivity contribution in [2.45, 2.75) is 6.54 Å². The molecule has 8 heteroatoms. The zero-order chi connectivity index (χ0) is 23.1. The van der Waals surface area contributed by atoms with Gasteiger partial charge in [0.2, 0.25) is 6.79 Å². The Morgan fingerprint density at radius 3 is 2.47 bits per heavy atom. The second-order valence-corrected chi connectivity index (χ2v) is 8.57. The average Bonchev–Trinajstić information content (AvgIpc) is 3.51. The van der Waals surface area contributed by atoms with E-state index in [2.05, 4.69) is 9.88 Å². The van der Waals surface area contributed by atoms with Crippen LogP contribution < -0.4 is 9.47 Å². The molecule has 2 aromatic carbocycles. The van der Waals surface area contributed by atoms with Crippen LogP contribution in [-0.2, 0) is 6.54 Å². The molecular weight excluding hydrogens is 435 g/mol. The molecule has 1 amide bonds. The molecule has 0 spiro atoms. The number of fused-ring (bicyclic) bond motifs is 2. The standard InChI is InChI=1S/C26H23FN4O3/c27-21-5-1-18(2-6-21)14-29-9-11-30(12-10-29)26(32)22-16-31-15-20(4-8-25(31)28-22)19-3-7-23-24(13-19)34-17-33-23/h1-8,13,15-16H,9-12,14,17H2. The number of ether oxygens (including phenoxy) is 2. The molecular formula is C26H23FN4O3. The van der Waals surface area contributed by atoms with Crippen molar-refractivity contribution in [3.8, 4) is 22.6 Å². The maximum atomic E-state index is 13.1. The minimum Gasteiger partial charge on any atom is -0.454 e. The summed E-state index contributed by atoms with van der Waals surface area (Å²) >= 11 is 0. The Morgan fingerprint density at radius 2 is 1.65 bits per heavy atom. The zero-order valence-corrected chi connectivity index (χ0v) is 18.5. The first-order valence-corrected chi connectivity index (χ1v) is 11.3. The number of hydrogen-bond donors (Lipinski definition) is 0. The summed E-state index contributed by atoms with van der Waals surface area (Å²) < 4.78 is 25.9. The quantitative estimate of drug-likeness (QED) is 0.465. The van der Waals surface area contributed by atoms with Crippen LogP contribution in [0.5, 0.6) is 11.5 Å². The molecule has 0 atom stereocenters. The van der Waals surface area contributed by atoms with E-state index in [1.54, 1.807) is 18.3 Å². The van der Waals surface area contributed by atoms with Crippen molar-refractivity contribution in [1.29, 1.82) is 0 Å². The minimum atomic E-state index is -0.227. The number of halogens is 1. The average molecular weight is 458 g/mol. The van der Waals surface area contributed by atoms with Crippen molar-refractivity contribution in [1.82, 2.24) is 19.2 Å². The molecule has 4 aromatic rings. The van der Waals surface area contributed by atoms with Crippen molar-refractivity contribution in [2.75, 3.05) is 33.0 Å². The summed E-state index contributed by atoms with van der Waals surface area (Å²) in [5.74, 6) is 1.19. The number of piperazine rings is 1. The van der Waals surface area contributed by atoms with E-state index in [1.165, 1.54) is 12.1 Å². The van der Waals surface area contributed by atoms with Crippen LogP contribution in [0.2, 0.25) is 0 Å². The molecule has 0 unspecified atom stereocenters. The monoisotopic (exact) mass is 458 g/mol. The van der Waals surface area contributed by atoms with E-state index in [0.717, 1.165) is 53.5 Å². The molecule has 0 bridgehead atoms. The van der Waals surface area contributed by atoms with Gasteiger partial charge in [-0.3, -0.25) is 9.69 Å². The van der Waals surface area contributed by atoms with Gasteiger partial charge in [-0.2, -0.15) is 0 Å². The predicted octanol–water partition coefficient (Wildman–Crippen LogP) is 3.83. The Bertz CT molecular complexity index is 1360. The lowest BCUT2D eigenvalue weighted by Gasteiger charge is -2.34. The Morgan fingerprint density at radius 1 is 0.882 bits per heavy atom. The highest BCUT2D eigenvalue weighted by atomic mass is 19.1. The van der Waals surface area contributed by atoms with Crippen LogP contribution in [0, 0.1) is 5.82 Å². The number of nitrogens with zero attached hydrogens (tertiary/aromatic N) is 4. The fraction of sp³-hybridized carbons (Fsp3) is 0.231. The van der Waals surface area contributed by atoms with Gasteiger partial charge in [0.1, 0.15) is 17.2 Å². The van der Waals surface area contributed by atoms with Gasteiger partial charge < -0.3 is 18.8 Å². The Hall–Kier alpha value is -3.91. The first kappa shape index (κ1) is 20.7. The summed E-state index contributed by atoms with van der Waals surface area (Å²) in [6, 6.07) is 16.3. The second kappa shape index (κ2) is 8.46. The van der Waals surface area contributed by atoms with Crippen molar-refractivity contribution >= 4 is 11.6 Å². The molecule has 1 fully saturated rings. The van der Waals surface area contributed by atoms with Crippen molar-refractivity contribution in [3.05, 3.63) is 84.1 Å². The molecule has 7 nitrogen and oxygen atoms in total. The largest absolute Gasteiger partial charge is 0.454 e. The lowest BCUT2D eigenvalue weighted by molar-refractivity contribution is 0.0623. The molecule has 34 heavy (non-hydrogen) atoms. The van der Waals surface area contributed by atoms with Crippen molar-refractivity contribution < 1.29 is 18.7 Å². The Kier molecular flexibility index (Phi) is 5.15. The first-order valence-electron chi connectivity index (χ1n) is 11.3. The van der Waals surface area contributed by atoms with Crippen molar-refractivity contribution in [3.63, 3.8) is 0 Å². The number of amides is 1. The third-order valence-electron chi connectivity index (χ3n) is 6.36. The lowest BCUT2D eigenvalue weighted by Crippen LogP contribution is -2.48. The molecule has 2 aliphatic rings. The summed E-state index contributed by atoms with van der Waals surface area (Å²) in [6.45, 7) is 3.80. The van der Waals surface area contributed by atoms with Crippen LogP contribution in [-0.4, -0.2) is 58.1 Å². The number of carbonyl (C=O) groups excluding carboxylic acids is 1. The lowest BCUT2D eigenvalue weighted by atomic mass is 10.1. The molecule has 0 aliphatic carbocycles. The molecule has 0 radical (unpaired) electrons. The highest BCUT2D eigenvalue weighted by Gasteiger charge is 2.24. The van der Waals surface area contributed by atoms with E-state index >= 15 is 0 Å². The molecule has 172 valence electrons. The third-order valence-corrected chi connectivity index (χ3v) is 6.36. The van der Waals surface area contributed by atoms with E-state index in [0.29, 0.717) is 18.8 Å². The summed E-state index contributed by atoms with van der Waals surface area (Å²) in [5.41, 5.74) is 4.24. The summed E-state index contributed by atoms with van der Waals surface area (Å²) in [7, 11) is 0. The van der Waals surface area contributed by atoms with Crippen LogP contribution in [0.15, 0.2) is 67.0 Å². The summed E-state index contributed by atoms with van der Waals surface area (Å²) in [6.07, 6.45) is 3.76. The van der Waals surface area contributed by atoms with Gasteiger partial charge in [-0.15, -0.1) is 0 Å². The van der Waals surface area contributed by atoms with Crippen LogP contribution in [0.3, 0.4) is 0 Å². The fourth-order valence-electron chi connectivity index (χ4n) is 4.46. The molecule has 0 N–H and O–H groups in total. The fourth-order valence-corrected chi connectivity index (χ4v) is 4.46. The van der Waals surface area contributed by atoms with Crippen LogP contribution in [0.4, 0.5) is 4.39 Å². The van der Waals surface area contributed by atoms with E-state index < -0.39 is 0 Å². The number of aromatic nitrogens is 2. The number of hydrogen-bond acceptors (Lipinski definition) is 5. The van der Waals surface area contributed by atoms with Crippen LogP contribution in [0.25, 0.3) is 16.8 Å². The van der Waals surface area contributed by atoms with Gasteiger partial charge in [0.15, 0.2) is 11.5 Å². The van der Waals surface area contributed by atoms with Gasteiger partial charge in [-0.1, -0.05) is 18.2 Å². The Labute approximate surface area is 196 Å². The minimum absolute atomic E-state index is 0.0604. The van der Waals surface area contributed by atoms with E-state index in [9.17, 15) is 9.18 Å². The summed E-state index contributed by atoms with van der Waals surface area (Å²) in [4.78, 5) is 21.8. The highest BCUT2D eigenvalue weighted by molar-refractivity contribution is 5.93. The zero-order valence-electron chi connectivity index (χ0n) is 18.5. The summed E-state index contributed by atoms with van der Waals surface area (Å²) in [5, 5.41) is 0. The van der Waals surface area contributed by atoms with Gasteiger partial charge >= 0.3 is 0 Å². The molecule has 6 rings (SSSR count). The van der Waals surface area contributed by atoms with E-state index in [4.69, 9.17) is 9.47 Å². The van der Waals surface area contributed by atoms with Gasteiger partial charge in [-0.05, 0) is 53.1 Å². The van der Waals surface area contributed by atoms with E-state index in [-0.39, 0.29) is 18.5 Å². The number of imidazole rings is 1. The van der Waals surface area contributed by atoms with Crippen LogP contribution in [0.1, 0.15) is 16.1 Å². The highest BCUT2D eigenvalue weighted by Crippen LogP contribution is 2.35. The number of rotatable bonds is 4. The maximum absolute atomic E-state index is 13.1. The first-order chi connectivity index (χ1) is 16.6. The van der Waals surface area contributed by atoms with Gasteiger partial charge in [0, 0.05) is 45.1 Å². The SMILES string of the molecule is O=C(c1cn2cc(-c3ccc4c(c3)OCO4)ccc2n1)N1CCN(Cc2ccc(F)cc2)CC1. The topological polar surface area (TPSA) is 59.3 Å². The predicted molar refractivity (Wildman–Crippen MR) is 124 cm³/mol. The maximum Gasteiger partial charge on any atom is 0.274 e. The number of pyridine rings is 1. The number of carbonyl (C=O) groups is 1. The second-order valence-electron chi connectivity index (χ2n) is 8.57. The molecule has 0 saturated carbocycles. The number of benzene rings is 2. The molecule has 4 heterocycles. The van der Waals surface area contributed by atoms with Gasteiger partial charge in [-0.25, -0.2) is 9.37 Å². The van der Waals surface area contributed by atoms with Gasteiger partial charge in [0.05, 0.1) is 0 Å². The van der Waals surface area contributed by atoms with Gasteiger partial charge in [0.25, 0.3) is 5.91 Å². The Balaban J connectivity index is 1.14. The third kappa shape index (κ3) is 3.97. The molecule has 2 aliphatic heterocycles. The van der Waals surface area contributed by atoms with Crippen LogP contribution >= 0.6 is 0 Å². The smallest absolute Gasteiger partial charge is 0.274 e. The van der Waals surface area contributed by atoms with Crippen molar-refractivity contribution in [2.24, 2.45) is 0 Å². The molecule has 1 saturated heterocycles.